The highest BCUT2D eigenvalue weighted by Crippen LogP contribution is 2.46. The molecule has 0 radical (unpaired) electrons. The first kappa shape index (κ1) is 40.6. The zero-order valence-corrected chi connectivity index (χ0v) is 33.8. The lowest BCUT2D eigenvalue weighted by Gasteiger charge is -2.26. The quantitative estimate of drug-likeness (QED) is 0.151. The predicted molar refractivity (Wildman–Crippen MR) is 217 cm³/mol. The molecule has 16 nitrogen and oxygen atoms in total. The smallest absolute Gasteiger partial charge is 0.266 e. The summed E-state index contributed by atoms with van der Waals surface area (Å²) < 4.78 is 41.4. The summed E-state index contributed by atoms with van der Waals surface area (Å²) in [5, 5.41) is 21.9. The number of anilines is 2. The minimum atomic E-state index is -4.52. The molecule has 3 aliphatic rings. The Bertz CT molecular complexity index is 2380. The van der Waals surface area contributed by atoms with E-state index in [0.717, 1.165) is 5.13 Å². The highest BCUT2D eigenvalue weighted by atomic mass is 32.2. The maximum atomic E-state index is 14.3. The lowest BCUT2D eigenvalue weighted by Crippen LogP contribution is -2.56. The Balaban J connectivity index is 1.16. The molecule has 2 aromatic carbocycles. The van der Waals surface area contributed by atoms with Crippen LogP contribution in [0.15, 0.2) is 71.0 Å². The molecule has 7 rings (SSSR count). The van der Waals surface area contributed by atoms with Crippen LogP contribution < -0.4 is 30.1 Å². The molecule has 4 atom stereocenters. The number of ether oxygens (including phenoxy) is 2. The van der Waals surface area contributed by atoms with Crippen molar-refractivity contribution in [2.75, 3.05) is 30.9 Å². The maximum Gasteiger partial charge on any atom is 0.266 e. The SMILES string of the molecule is COc1ccc2c(O[C@@H]3C[C@@H](C(=O)N[C@]45C[C@H]4/C=C/CCCCC(=O)Nc4ccccc4S(=O)(=O)NC5=O)N(C(=O)CO)C3)cc(-c3csc(NC(C)C)n3)nc2c1. The first-order valence-electron chi connectivity index (χ1n) is 19.0. The van der Waals surface area contributed by atoms with Crippen molar-refractivity contribution in [1.29, 1.82) is 0 Å². The zero-order chi connectivity index (χ0) is 41.2. The monoisotopic (exact) mass is 831 g/mol. The molecule has 2 aromatic heterocycles. The molecule has 1 saturated heterocycles. The number of amides is 4. The summed E-state index contributed by atoms with van der Waals surface area (Å²) in [5.41, 5.74) is 0.0767. The van der Waals surface area contributed by atoms with Gasteiger partial charge in [0.05, 0.1) is 30.6 Å². The minimum Gasteiger partial charge on any atom is -0.497 e. The first-order valence-corrected chi connectivity index (χ1v) is 21.4. The molecule has 1 aliphatic carbocycles. The number of pyridine rings is 1. The van der Waals surface area contributed by atoms with Gasteiger partial charge in [-0.05, 0) is 63.8 Å². The van der Waals surface area contributed by atoms with Crippen molar-refractivity contribution in [2.24, 2.45) is 5.92 Å². The molecule has 4 heterocycles. The standard InChI is InChI=1S/C40H45N7O9S2/c1-23(2)41-39-44-31(22-57-39)30-18-33(27-15-14-25(55-3)16-29(27)42-30)56-26-17-32(47(20-26)36(50)21-48)37(51)45-40-19-24(40)10-6-4-5-7-13-35(49)43-28-11-8-9-12-34(28)58(53,54)46-38(40)52/h6,8-12,14-16,18,22-24,26,32,48H,4-5,7,13,17,19-21H2,1-3H3,(H,41,44)(H,43,49)(H,45,51)(H,46,52)/b10-6+/t24-,26-,32+,40-/m1/s1. The van der Waals surface area contributed by atoms with Crippen LogP contribution in [0.1, 0.15) is 52.4 Å². The van der Waals surface area contributed by atoms with E-state index in [-0.39, 0.29) is 48.3 Å². The second-order valence-electron chi connectivity index (χ2n) is 14.8. The van der Waals surface area contributed by atoms with Gasteiger partial charge in [-0.1, -0.05) is 24.3 Å². The summed E-state index contributed by atoms with van der Waals surface area (Å²) in [5.74, 6) is -2.30. The van der Waals surface area contributed by atoms with Gasteiger partial charge in [-0.3, -0.25) is 19.2 Å². The average Bonchev–Trinajstić information content (AvgIpc) is 3.46. The van der Waals surface area contributed by atoms with Gasteiger partial charge in [-0.25, -0.2) is 23.1 Å². The summed E-state index contributed by atoms with van der Waals surface area (Å²) >= 11 is 1.44. The van der Waals surface area contributed by atoms with Gasteiger partial charge >= 0.3 is 0 Å². The van der Waals surface area contributed by atoms with E-state index in [1.54, 1.807) is 43.5 Å². The van der Waals surface area contributed by atoms with E-state index < -0.39 is 58.0 Å². The molecular weight excluding hydrogens is 787 g/mol. The van der Waals surface area contributed by atoms with Crippen molar-refractivity contribution in [2.45, 2.75) is 81.0 Å². The molecule has 2 fully saturated rings. The molecule has 58 heavy (non-hydrogen) atoms. The Morgan fingerprint density at radius 1 is 1.10 bits per heavy atom. The number of sulfonamides is 1. The van der Waals surface area contributed by atoms with E-state index in [2.05, 4.69) is 20.7 Å². The molecule has 306 valence electrons. The number of hydrogen-bond donors (Lipinski definition) is 5. The fourth-order valence-electron chi connectivity index (χ4n) is 7.29. The number of aliphatic hydroxyl groups excluding tert-OH is 1. The number of allylic oxidation sites excluding steroid dienone is 1. The van der Waals surface area contributed by atoms with Gasteiger partial charge in [-0.15, -0.1) is 11.3 Å². The number of benzene rings is 2. The number of carbonyl (C=O) groups excluding carboxylic acids is 4. The lowest BCUT2D eigenvalue weighted by molar-refractivity contribution is -0.141. The highest BCUT2D eigenvalue weighted by Gasteiger charge is 2.61. The average molecular weight is 832 g/mol. The van der Waals surface area contributed by atoms with E-state index in [1.807, 2.05) is 25.3 Å². The number of nitrogens with one attached hydrogen (secondary N) is 4. The highest BCUT2D eigenvalue weighted by molar-refractivity contribution is 7.90. The second-order valence-corrected chi connectivity index (χ2v) is 17.4. The largest absolute Gasteiger partial charge is 0.497 e. The Morgan fingerprint density at radius 3 is 2.69 bits per heavy atom. The fourth-order valence-corrected chi connectivity index (χ4v) is 9.35. The summed E-state index contributed by atoms with van der Waals surface area (Å²) in [6.45, 7) is 3.09. The van der Waals surface area contributed by atoms with Crippen LogP contribution in [0.4, 0.5) is 10.8 Å². The van der Waals surface area contributed by atoms with Crippen LogP contribution in [0.2, 0.25) is 0 Å². The van der Waals surface area contributed by atoms with Gasteiger partial charge in [0.15, 0.2) is 5.13 Å². The third-order valence-corrected chi connectivity index (χ3v) is 12.5. The van der Waals surface area contributed by atoms with Crippen molar-refractivity contribution in [3.8, 4) is 22.9 Å². The van der Waals surface area contributed by atoms with Crippen LogP contribution in [0.3, 0.4) is 0 Å². The molecule has 0 bridgehead atoms. The van der Waals surface area contributed by atoms with Gasteiger partial charge in [0, 0.05) is 47.7 Å². The zero-order valence-electron chi connectivity index (χ0n) is 32.2. The van der Waals surface area contributed by atoms with E-state index in [0.29, 0.717) is 53.1 Å². The van der Waals surface area contributed by atoms with E-state index in [1.165, 1.54) is 34.4 Å². The molecule has 18 heteroatoms. The number of methoxy groups -OCH3 is 1. The van der Waals surface area contributed by atoms with Crippen molar-refractivity contribution >= 4 is 66.7 Å². The number of hydrogen-bond acceptors (Lipinski definition) is 13. The van der Waals surface area contributed by atoms with Crippen molar-refractivity contribution in [3.63, 3.8) is 0 Å². The second kappa shape index (κ2) is 16.7. The number of rotatable bonds is 9. The summed E-state index contributed by atoms with van der Waals surface area (Å²) in [6.07, 6.45) is 5.00. The fraction of sp³-hybridized carbons (Fsp3) is 0.400. The predicted octanol–water partition coefficient (Wildman–Crippen LogP) is 3.98. The number of carbonyl (C=O) groups is 4. The Morgan fingerprint density at radius 2 is 1.91 bits per heavy atom. The van der Waals surface area contributed by atoms with Crippen molar-refractivity contribution in [1.82, 2.24) is 24.9 Å². The number of thiazole rings is 1. The molecule has 2 aliphatic heterocycles. The third-order valence-electron chi connectivity index (χ3n) is 10.3. The summed E-state index contributed by atoms with van der Waals surface area (Å²) in [4.78, 5) is 64.5. The van der Waals surface area contributed by atoms with Crippen LogP contribution in [0.5, 0.6) is 11.5 Å². The molecule has 4 amide bonds. The van der Waals surface area contributed by atoms with Gasteiger partial charge in [0.2, 0.25) is 17.7 Å². The Kier molecular flexibility index (Phi) is 11.7. The van der Waals surface area contributed by atoms with Gasteiger partial charge < -0.3 is 35.4 Å². The summed E-state index contributed by atoms with van der Waals surface area (Å²) in [6, 6.07) is 11.8. The van der Waals surface area contributed by atoms with E-state index >= 15 is 0 Å². The van der Waals surface area contributed by atoms with Crippen LogP contribution in [-0.4, -0.2) is 96.0 Å². The molecule has 4 aromatic rings. The Labute approximate surface area is 339 Å². The molecule has 0 unspecified atom stereocenters. The minimum absolute atomic E-state index is 0.00435. The van der Waals surface area contributed by atoms with Gasteiger partial charge in [0.25, 0.3) is 15.9 Å². The van der Waals surface area contributed by atoms with Gasteiger partial charge in [0.1, 0.15) is 46.4 Å². The Hall–Kier alpha value is -5.59. The number of aliphatic hydroxyl groups is 1. The topological polar surface area (TPSA) is 218 Å². The van der Waals surface area contributed by atoms with Crippen molar-refractivity contribution in [3.05, 3.63) is 66.1 Å². The number of para-hydroxylation sites is 1. The molecule has 1 saturated carbocycles. The molecular formula is C40H45N7O9S2. The van der Waals surface area contributed by atoms with E-state index in [9.17, 15) is 32.7 Å². The number of aromatic nitrogens is 2. The first-order chi connectivity index (χ1) is 27.8. The number of likely N-dealkylation sites (tertiary alicyclic amines) is 1. The normalized spacial score (nSPS) is 23.7. The van der Waals surface area contributed by atoms with Crippen LogP contribution in [-0.2, 0) is 29.2 Å². The van der Waals surface area contributed by atoms with Gasteiger partial charge in [-0.2, -0.15) is 0 Å². The molecule has 0 spiro atoms. The lowest BCUT2D eigenvalue weighted by atomic mass is 10.1. The van der Waals surface area contributed by atoms with Crippen LogP contribution in [0.25, 0.3) is 22.3 Å². The van der Waals surface area contributed by atoms with E-state index in [4.69, 9.17) is 19.4 Å². The number of nitrogens with zero attached hydrogens (tertiary/aromatic N) is 3. The third kappa shape index (κ3) is 8.63. The van der Waals surface area contributed by atoms with Crippen LogP contribution >= 0.6 is 11.3 Å². The molecule has 5 N–H and O–H groups in total. The van der Waals surface area contributed by atoms with Crippen molar-refractivity contribution < 1.29 is 42.2 Å². The number of fused-ring (bicyclic) bond motifs is 3. The van der Waals surface area contributed by atoms with Crippen LogP contribution in [0, 0.1) is 5.92 Å². The maximum absolute atomic E-state index is 14.3. The summed E-state index contributed by atoms with van der Waals surface area (Å²) in [7, 11) is -2.97.